The molecule has 2 rings (SSSR count). The van der Waals surface area contributed by atoms with Gasteiger partial charge in [-0.2, -0.15) is 10.2 Å². The average Bonchev–Trinajstić information content (AvgIpc) is 2.95. The fourth-order valence-electron chi connectivity index (χ4n) is 1.79. The van der Waals surface area contributed by atoms with Crippen LogP contribution in [0.15, 0.2) is 17.4 Å². The van der Waals surface area contributed by atoms with Crippen molar-refractivity contribution in [3.63, 3.8) is 0 Å². The lowest BCUT2D eigenvalue weighted by Gasteiger charge is -2.06. The fraction of sp³-hybridized carbons (Fsp3) is 0.455. The van der Waals surface area contributed by atoms with E-state index in [1.54, 1.807) is 17.8 Å². The molecule has 0 aromatic carbocycles. The summed E-state index contributed by atoms with van der Waals surface area (Å²) in [5.74, 6) is 0. The number of rotatable bonds is 6. The van der Waals surface area contributed by atoms with E-state index >= 15 is 0 Å². The highest BCUT2D eigenvalue weighted by molar-refractivity contribution is 7.89. The monoisotopic (exact) mass is 299 g/mol. The molecule has 0 aliphatic carbocycles. The number of aliphatic hydroxyl groups is 1. The van der Waals surface area contributed by atoms with E-state index in [1.807, 2.05) is 13.1 Å². The number of hydrogen-bond acceptors (Lipinski definition) is 5. The normalized spacial score (nSPS) is 11.9. The third-order valence-corrected chi connectivity index (χ3v) is 4.27. The third-order valence-electron chi connectivity index (χ3n) is 2.84. The zero-order valence-corrected chi connectivity index (χ0v) is 12.1. The van der Waals surface area contributed by atoms with Crippen molar-refractivity contribution in [1.29, 1.82) is 0 Å². The van der Waals surface area contributed by atoms with Gasteiger partial charge in [-0.05, 0) is 19.4 Å². The second kappa shape index (κ2) is 5.73. The first kappa shape index (κ1) is 14.7. The van der Waals surface area contributed by atoms with Gasteiger partial charge in [0.2, 0.25) is 0 Å². The quantitative estimate of drug-likeness (QED) is 0.677. The van der Waals surface area contributed by atoms with Crippen molar-refractivity contribution >= 4 is 10.0 Å². The van der Waals surface area contributed by atoms with Crippen LogP contribution in [0, 0.1) is 13.8 Å². The van der Waals surface area contributed by atoms with E-state index in [-0.39, 0.29) is 23.7 Å². The van der Waals surface area contributed by atoms with Crippen LogP contribution < -0.4 is 4.72 Å². The molecule has 20 heavy (non-hydrogen) atoms. The molecule has 9 heteroatoms. The van der Waals surface area contributed by atoms with Gasteiger partial charge in [0.15, 0.2) is 5.03 Å². The van der Waals surface area contributed by atoms with Crippen LogP contribution in [-0.2, 0) is 23.2 Å². The van der Waals surface area contributed by atoms with Gasteiger partial charge in [-0.3, -0.25) is 9.78 Å². The van der Waals surface area contributed by atoms with Gasteiger partial charge in [-0.25, -0.2) is 13.1 Å². The fourth-order valence-corrected chi connectivity index (χ4v) is 3.00. The number of hydrogen-bond donors (Lipinski definition) is 3. The van der Waals surface area contributed by atoms with Crippen molar-refractivity contribution in [1.82, 2.24) is 24.7 Å². The molecule has 110 valence electrons. The van der Waals surface area contributed by atoms with E-state index in [2.05, 4.69) is 20.0 Å². The summed E-state index contributed by atoms with van der Waals surface area (Å²) in [5, 5.41) is 19.4. The number of nitrogens with zero attached hydrogens (tertiary/aromatic N) is 3. The number of aryl methyl sites for hydroxylation is 2. The average molecular weight is 299 g/mol. The molecule has 0 atom stereocenters. The molecule has 2 aromatic rings. The van der Waals surface area contributed by atoms with Crippen LogP contribution in [0.3, 0.4) is 0 Å². The summed E-state index contributed by atoms with van der Waals surface area (Å²) in [6.45, 7) is 3.81. The van der Waals surface area contributed by atoms with E-state index in [1.165, 1.54) is 0 Å². The van der Waals surface area contributed by atoms with E-state index in [9.17, 15) is 13.5 Å². The van der Waals surface area contributed by atoms with Crippen molar-refractivity contribution in [2.75, 3.05) is 6.54 Å². The summed E-state index contributed by atoms with van der Waals surface area (Å²) >= 11 is 0. The highest BCUT2D eigenvalue weighted by atomic mass is 32.2. The highest BCUT2D eigenvalue weighted by Crippen LogP contribution is 2.15. The Balaban J connectivity index is 2.04. The Morgan fingerprint density at radius 1 is 1.45 bits per heavy atom. The molecule has 8 nitrogen and oxygen atoms in total. The Hall–Kier alpha value is -1.71. The van der Waals surface area contributed by atoms with E-state index in [0.717, 1.165) is 5.56 Å². The Morgan fingerprint density at radius 2 is 2.20 bits per heavy atom. The Morgan fingerprint density at radius 3 is 2.80 bits per heavy atom. The highest BCUT2D eigenvalue weighted by Gasteiger charge is 2.22. The van der Waals surface area contributed by atoms with Gasteiger partial charge in [0, 0.05) is 24.0 Å². The maximum Gasteiger partial charge on any atom is 0.260 e. The minimum atomic E-state index is -3.74. The van der Waals surface area contributed by atoms with Crippen LogP contribution in [0.4, 0.5) is 0 Å². The first-order valence-electron chi connectivity index (χ1n) is 6.07. The first-order valence-corrected chi connectivity index (χ1v) is 7.56. The van der Waals surface area contributed by atoms with Crippen molar-refractivity contribution in [3.8, 4) is 0 Å². The van der Waals surface area contributed by atoms with Crippen molar-refractivity contribution in [3.05, 3.63) is 29.2 Å². The minimum Gasteiger partial charge on any atom is -0.392 e. The molecule has 0 bridgehead atoms. The largest absolute Gasteiger partial charge is 0.392 e. The lowest BCUT2D eigenvalue weighted by molar-refractivity contribution is 0.277. The topological polar surface area (TPSA) is 113 Å². The lowest BCUT2D eigenvalue weighted by Crippen LogP contribution is -2.28. The summed E-state index contributed by atoms with van der Waals surface area (Å²) in [7, 11) is -3.74. The Labute approximate surface area is 116 Å². The molecule has 0 spiro atoms. The molecular weight excluding hydrogens is 282 g/mol. The van der Waals surface area contributed by atoms with Crippen molar-refractivity contribution in [2.24, 2.45) is 0 Å². The molecule has 0 fully saturated rings. The maximum absolute atomic E-state index is 12.1. The summed E-state index contributed by atoms with van der Waals surface area (Å²) in [5.41, 5.74) is 1.83. The number of nitrogens with one attached hydrogen (secondary N) is 2. The summed E-state index contributed by atoms with van der Waals surface area (Å²) < 4.78 is 28.3. The molecule has 0 unspecified atom stereocenters. The number of aliphatic hydroxyl groups excluding tert-OH is 1. The summed E-state index contributed by atoms with van der Waals surface area (Å²) in [6, 6.07) is 0. The number of aromatic amines is 1. The van der Waals surface area contributed by atoms with Gasteiger partial charge in [0.25, 0.3) is 10.0 Å². The third kappa shape index (κ3) is 3.06. The van der Waals surface area contributed by atoms with Crippen LogP contribution in [0.2, 0.25) is 0 Å². The molecule has 2 heterocycles. The summed E-state index contributed by atoms with van der Waals surface area (Å²) in [6.07, 6.45) is 3.53. The molecule has 0 saturated carbocycles. The number of aromatic nitrogens is 4. The molecule has 0 saturated heterocycles. The minimum absolute atomic E-state index is 0.158. The van der Waals surface area contributed by atoms with E-state index < -0.39 is 10.0 Å². The van der Waals surface area contributed by atoms with Gasteiger partial charge in [0.1, 0.15) is 0 Å². The van der Waals surface area contributed by atoms with Crippen LogP contribution >= 0.6 is 0 Å². The van der Waals surface area contributed by atoms with Crippen molar-refractivity contribution in [2.45, 2.75) is 32.0 Å². The molecule has 0 aliphatic heterocycles. The predicted molar refractivity (Wildman–Crippen MR) is 71.4 cm³/mol. The van der Waals surface area contributed by atoms with Gasteiger partial charge in [-0.1, -0.05) is 0 Å². The number of sulfonamides is 1. The van der Waals surface area contributed by atoms with E-state index in [0.29, 0.717) is 12.2 Å². The standard InChI is InChI=1S/C11H17N5O3S/c1-8-5-12-16(6-8)4-3-13-20(18,19)11-10(7-17)9(2)14-15-11/h5-6,13,17H,3-4,7H2,1-2H3,(H,14,15). The van der Waals surface area contributed by atoms with Crippen LogP contribution in [0.1, 0.15) is 16.8 Å². The Bertz CT molecular complexity index is 689. The van der Waals surface area contributed by atoms with Gasteiger partial charge in [-0.15, -0.1) is 0 Å². The van der Waals surface area contributed by atoms with Crippen LogP contribution in [0.5, 0.6) is 0 Å². The predicted octanol–water partition coefficient (Wildman–Crippen LogP) is -0.306. The van der Waals surface area contributed by atoms with Crippen molar-refractivity contribution < 1.29 is 13.5 Å². The van der Waals surface area contributed by atoms with Crippen LogP contribution in [-0.4, -0.2) is 40.0 Å². The van der Waals surface area contributed by atoms with Gasteiger partial charge in [0.05, 0.1) is 19.3 Å². The zero-order valence-electron chi connectivity index (χ0n) is 11.3. The Kier molecular flexibility index (Phi) is 4.21. The first-order chi connectivity index (χ1) is 9.44. The summed E-state index contributed by atoms with van der Waals surface area (Å²) in [4.78, 5) is 0. The molecule has 0 amide bonds. The second-order valence-corrected chi connectivity index (χ2v) is 6.15. The van der Waals surface area contributed by atoms with Gasteiger partial charge >= 0.3 is 0 Å². The SMILES string of the molecule is Cc1cnn(CCNS(=O)(=O)c2n[nH]c(C)c2CO)c1. The maximum atomic E-state index is 12.1. The lowest BCUT2D eigenvalue weighted by atomic mass is 10.3. The zero-order chi connectivity index (χ0) is 14.8. The molecule has 0 aliphatic rings. The molecule has 2 aromatic heterocycles. The molecule has 3 N–H and O–H groups in total. The second-order valence-electron chi connectivity index (χ2n) is 4.47. The smallest absolute Gasteiger partial charge is 0.260 e. The van der Waals surface area contributed by atoms with E-state index in [4.69, 9.17) is 0 Å². The van der Waals surface area contributed by atoms with Crippen LogP contribution in [0.25, 0.3) is 0 Å². The van der Waals surface area contributed by atoms with Gasteiger partial charge < -0.3 is 5.11 Å². The molecular formula is C11H17N5O3S. The number of H-pyrrole nitrogens is 1. The molecule has 0 radical (unpaired) electrons.